The van der Waals surface area contributed by atoms with Crippen LogP contribution < -0.4 is 5.32 Å². The monoisotopic (exact) mass is 288 g/mol. The quantitative estimate of drug-likeness (QED) is 0.923. The third-order valence-corrected chi connectivity index (χ3v) is 2.75. The Balaban J connectivity index is 2.61. The number of likely N-dealkylation sites (N-methyl/N-ethyl adjacent to an activating group) is 1. The second-order valence-corrected chi connectivity index (χ2v) is 4.30. The van der Waals surface area contributed by atoms with E-state index in [2.05, 4.69) is 21.2 Å². The molecule has 0 spiro atoms. The summed E-state index contributed by atoms with van der Waals surface area (Å²) in [6, 6.07) is 4.56. The first-order valence-electron chi connectivity index (χ1n) is 4.97. The van der Waals surface area contributed by atoms with E-state index in [9.17, 15) is 9.18 Å². The first-order valence-corrected chi connectivity index (χ1v) is 5.76. The predicted octanol–water partition coefficient (Wildman–Crippen LogP) is 2.48. The van der Waals surface area contributed by atoms with Gasteiger partial charge in [0.15, 0.2) is 0 Å². The molecule has 0 radical (unpaired) electrons. The second-order valence-electron chi connectivity index (χ2n) is 3.39. The molecule has 0 fully saturated rings. The molecule has 3 nitrogen and oxygen atoms in total. The van der Waals surface area contributed by atoms with E-state index in [1.165, 1.54) is 6.07 Å². The van der Waals surface area contributed by atoms with Crippen LogP contribution in [0.15, 0.2) is 22.7 Å². The van der Waals surface area contributed by atoms with Gasteiger partial charge < -0.3 is 10.2 Å². The Labute approximate surface area is 103 Å². The molecular weight excluding hydrogens is 275 g/mol. The summed E-state index contributed by atoms with van der Waals surface area (Å²) in [4.78, 5) is 13.0. The molecule has 0 saturated carbocycles. The maximum Gasteiger partial charge on any atom is 0.241 e. The zero-order valence-electron chi connectivity index (χ0n) is 9.26. The highest BCUT2D eigenvalue weighted by Crippen LogP contribution is 2.19. The van der Waals surface area contributed by atoms with Crippen molar-refractivity contribution in [3.8, 4) is 0 Å². The Morgan fingerprint density at radius 2 is 2.25 bits per heavy atom. The van der Waals surface area contributed by atoms with Crippen molar-refractivity contribution in [1.29, 1.82) is 0 Å². The lowest BCUT2D eigenvalue weighted by Gasteiger charge is -2.15. The number of rotatable bonds is 4. The fourth-order valence-electron chi connectivity index (χ4n) is 1.12. The van der Waals surface area contributed by atoms with Crippen molar-refractivity contribution in [1.82, 2.24) is 4.90 Å². The minimum Gasteiger partial charge on any atom is -0.374 e. The van der Waals surface area contributed by atoms with Gasteiger partial charge >= 0.3 is 0 Å². The zero-order valence-corrected chi connectivity index (χ0v) is 10.8. The van der Waals surface area contributed by atoms with Gasteiger partial charge in [-0.15, -0.1) is 0 Å². The maximum atomic E-state index is 13.3. The number of amides is 1. The van der Waals surface area contributed by atoms with E-state index in [0.29, 0.717) is 12.2 Å². The van der Waals surface area contributed by atoms with Gasteiger partial charge in [-0.3, -0.25) is 4.79 Å². The highest BCUT2D eigenvalue weighted by Gasteiger charge is 2.08. The van der Waals surface area contributed by atoms with Crippen molar-refractivity contribution >= 4 is 27.5 Å². The number of hydrogen-bond acceptors (Lipinski definition) is 2. The summed E-state index contributed by atoms with van der Waals surface area (Å²) >= 11 is 3.24. The predicted molar refractivity (Wildman–Crippen MR) is 65.9 cm³/mol. The van der Waals surface area contributed by atoms with E-state index < -0.39 is 0 Å². The molecule has 1 amide bonds. The third kappa shape index (κ3) is 3.48. The number of benzene rings is 1. The van der Waals surface area contributed by atoms with Crippen molar-refractivity contribution in [2.45, 2.75) is 6.92 Å². The van der Waals surface area contributed by atoms with Crippen molar-refractivity contribution < 1.29 is 9.18 Å². The molecule has 0 aliphatic carbocycles. The molecule has 1 aromatic rings. The highest BCUT2D eigenvalue weighted by atomic mass is 79.9. The van der Waals surface area contributed by atoms with Crippen LogP contribution in [0.1, 0.15) is 6.92 Å². The molecular formula is C11H14BrFN2O. The first-order chi connectivity index (χ1) is 7.54. The fourth-order valence-corrected chi connectivity index (χ4v) is 1.48. The molecule has 0 heterocycles. The van der Waals surface area contributed by atoms with Gasteiger partial charge in [-0.05, 0) is 25.1 Å². The number of nitrogens with one attached hydrogen (secondary N) is 1. The minimum absolute atomic E-state index is 0.0677. The van der Waals surface area contributed by atoms with E-state index >= 15 is 0 Å². The summed E-state index contributed by atoms with van der Waals surface area (Å²) in [7, 11) is 1.71. The SMILES string of the molecule is CCN(C)C(=O)CNc1cc(Br)ccc1F. The number of halogens is 2. The van der Waals surface area contributed by atoms with Crippen LogP contribution in [-0.4, -0.2) is 30.9 Å². The normalized spacial score (nSPS) is 10.0. The molecule has 0 saturated heterocycles. The summed E-state index contributed by atoms with van der Waals surface area (Å²) in [5.74, 6) is -0.433. The Morgan fingerprint density at radius 3 is 2.88 bits per heavy atom. The van der Waals surface area contributed by atoms with Crippen LogP contribution in [0.2, 0.25) is 0 Å². The van der Waals surface area contributed by atoms with Crippen LogP contribution in [0.5, 0.6) is 0 Å². The molecule has 0 aliphatic heterocycles. The molecule has 0 bridgehead atoms. The van der Waals surface area contributed by atoms with E-state index in [4.69, 9.17) is 0 Å². The van der Waals surface area contributed by atoms with Crippen molar-refractivity contribution in [3.63, 3.8) is 0 Å². The van der Waals surface area contributed by atoms with Gasteiger partial charge in [0.25, 0.3) is 0 Å². The summed E-state index contributed by atoms with van der Waals surface area (Å²) in [5.41, 5.74) is 0.326. The molecule has 1 rings (SSSR count). The van der Waals surface area contributed by atoms with Crippen LogP contribution in [0, 0.1) is 5.82 Å². The van der Waals surface area contributed by atoms with Gasteiger partial charge in [0.1, 0.15) is 5.82 Å². The molecule has 0 aliphatic rings. The van der Waals surface area contributed by atoms with Crippen LogP contribution in [0.3, 0.4) is 0 Å². The highest BCUT2D eigenvalue weighted by molar-refractivity contribution is 9.10. The van der Waals surface area contributed by atoms with Crippen LogP contribution in [0.25, 0.3) is 0 Å². The van der Waals surface area contributed by atoms with Crippen molar-refractivity contribution in [2.24, 2.45) is 0 Å². The molecule has 0 unspecified atom stereocenters. The van der Waals surface area contributed by atoms with Crippen LogP contribution >= 0.6 is 15.9 Å². The Morgan fingerprint density at radius 1 is 1.56 bits per heavy atom. The van der Waals surface area contributed by atoms with Crippen molar-refractivity contribution in [2.75, 3.05) is 25.5 Å². The molecule has 16 heavy (non-hydrogen) atoms. The van der Waals surface area contributed by atoms with Crippen molar-refractivity contribution in [3.05, 3.63) is 28.5 Å². The van der Waals surface area contributed by atoms with Gasteiger partial charge in [0.2, 0.25) is 5.91 Å². The second kappa shape index (κ2) is 5.84. The summed E-state index contributed by atoms with van der Waals surface area (Å²) in [6.45, 7) is 2.62. The molecule has 1 aromatic carbocycles. The van der Waals surface area contributed by atoms with E-state index in [0.717, 1.165) is 4.47 Å². The zero-order chi connectivity index (χ0) is 12.1. The van der Waals surface area contributed by atoms with Gasteiger partial charge in [0, 0.05) is 18.1 Å². The van der Waals surface area contributed by atoms with Gasteiger partial charge in [-0.25, -0.2) is 4.39 Å². The number of carbonyl (C=O) groups is 1. The summed E-state index contributed by atoms with van der Waals surface area (Å²) in [5, 5.41) is 2.77. The lowest BCUT2D eigenvalue weighted by Crippen LogP contribution is -2.32. The molecule has 5 heteroatoms. The van der Waals surface area contributed by atoms with Gasteiger partial charge in [-0.1, -0.05) is 15.9 Å². The fraction of sp³-hybridized carbons (Fsp3) is 0.364. The van der Waals surface area contributed by atoms with E-state index in [1.807, 2.05) is 6.92 Å². The Kier molecular flexibility index (Phi) is 4.73. The van der Waals surface area contributed by atoms with Crippen LogP contribution in [0.4, 0.5) is 10.1 Å². The number of nitrogens with zero attached hydrogens (tertiary/aromatic N) is 1. The Hall–Kier alpha value is -1.10. The molecule has 88 valence electrons. The summed E-state index contributed by atoms with van der Waals surface area (Å²) in [6.07, 6.45) is 0. The lowest BCUT2D eigenvalue weighted by atomic mass is 10.3. The van der Waals surface area contributed by atoms with E-state index in [1.54, 1.807) is 24.1 Å². The van der Waals surface area contributed by atoms with Gasteiger partial charge in [-0.2, -0.15) is 0 Å². The van der Waals surface area contributed by atoms with Gasteiger partial charge in [0.05, 0.1) is 12.2 Å². The number of carbonyl (C=O) groups excluding carboxylic acids is 1. The molecule has 0 atom stereocenters. The smallest absolute Gasteiger partial charge is 0.241 e. The average Bonchev–Trinajstić information content (AvgIpc) is 2.28. The summed E-state index contributed by atoms with van der Waals surface area (Å²) < 4.78 is 14.1. The minimum atomic E-state index is -0.366. The maximum absolute atomic E-state index is 13.3. The average molecular weight is 289 g/mol. The van der Waals surface area contributed by atoms with Crippen LogP contribution in [-0.2, 0) is 4.79 Å². The van der Waals surface area contributed by atoms with E-state index in [-0.39, 0.29) is 18.3 Å². The lowest BCUT2D eigenvalue weighted by molar-refractivity contribution is -0.127. The first kappa shape index (κ1) is 13.0. The molecule has 1 N–H and O–H groups in total. The largest absolute Gasteiger partial charge is 0.374 e. The third-order valence-electron chi connectivity index (χ3n) is 2.26. The standard InChI is InChI=1S/C11H14BrFN2O/c1-3-15(2)11(16)7-14-10-6-8(12)4-5-9(10)13/h4-6,14H,3,7H2,1-2H3. The topological polar surface area (TPSA) is 32.3 Å². The Bertz CT molecular complexity index is 384. The molecule has 0 aromatic heterocycles. The number of hydrogen-bond donors (Lipinski definition) is 1. The number of anilines is 1.